The van der Waals surface area contributed by atoms with E-state index in [1.165, 1.54) is 31.9 Å². The van der Waals surface area contributed by atoms with E-state index in [1.807, 2.05) is 38.1 Å². The summed E-state index contributed by atoms with van der Waals surface area (Å²) in [5.41, 5.74) is 2.39. The van der Waals surface area contributed by atoms with E-state index in [9.17, 15) is 13.2 Å². The monoisotopic (exact) mass is 426 g/mol. The maximum absolute atomic E-state index is 12.5. The molecule has 0 aliphatic rings. The Kier molecular flexibility index (Phi) is 7.33. The summed E-state index contributed by atoms with van der Waals surface area (Å²) in [4.78, 5) is 12.7. The van der Waals surface area contributed by atoms with Crippen molar-refractivity contribution in [3.05, 3.63) is 58.6 Å². The first kappa shape index (κ1) is 21.8. The Morgan fingerprint density at radius 2 is 1.81 bits per heavy atom. The molecule has 2 aromatic rings. The van der Waals surface area contributed by atoms with Crippen LogP contribution >= 0.6 is 23.4 Å². The highest BCUT2D eigenvalue weighted by Crippen LogP contribution is 2.24. The Morgan fingerprint density at radius 1 is 1.19 bits per heavy atom. The third kappa shape index (κ3) is 5.72. The Labute approximate surface area is 170 Å². The molecule has 0 aromatic heterocycles. The number of thioether (sulfide) groups is 1. The molecular weight excluding hydrogens is 404 g/mol. The number of hydrogen-bond acceptors (Lipinski definition) is 4. The molecule has 1 amide bonds. The van der Waals surface area contributed by atoms with E-state index in [1.54, 1.807) is 12.1 Å². The fourth-order valence-corrected chi connectivity index (χ4v) is 4.12. The van der Waals surface area contributed by atoms with Gasteiger partial charge in [0, 0.05) is 30.6 Å². The van der Waals surface area contributed by atoms with Crippen LogP contribution in [0.5, 0.6) is 0 Å². The van der Waals surface area contributed by atoms with E-state index in [2.05, 4.69) is 5.32 Å². The molecule has 0 fully saturated rings. The van der Waals surface area contributed by atoms with Gasteiger partial charge in [-0.2, -0.15) is 0 Å². The van der Waals surface area contributed by atoms with Crippen molar-refractivity contribution in [2.45, 2.75) is 29.7 Å². The van der Waals surface area contributed by atoms with Gasteiger partial charge in [-0.1, -0.05) is 29.8 Å². The maximum Gasteiger partial charge on any atom is 0.242 e. The van der Waals surface area contributed by atoms with Gasteiger partial charge in [-0.15, -0.1) is 11.8 Å². The van der Waals surface area contributed by atoms with E-state index in [0.717, 1.165) is 15.4 Å². The Balaban J connectivity index is 2.07. The Morgan fingerprint density at radius 3 is 2.41 bits per heavy atom. The topological polar surface area (TPSA) is 66.5 Å². The number of sulfonamides is 1. The second kappa shape index (κ2) is 9.10. The normalized spacial score (nSPS) is 12.8. The average molecular weight is 427 g/mol. The summed E-state index contributed by atoms with van der Waals surface area (Å²) in [6.45, 7) is 3.65. The fourth-order valence-electron chi connectivity index (χ4n) is 2.22. The number of rotatable bonds is 7. The van der Waals surface area contributed by atoms with Crippen molar-refractivity contribution in [3.8, 4) is 0 Å². The molecule has 146 valence electrons. The van der Waals surface area contributed by atoms with Crippen molar-refractivity contribution < 1.29 is 13.2 Å². The first-order valence-corrected chi connectivity index (χ1v) is 11.2. The van der Waals surface area contributed by atoms with Crippen molar-refractivity contribution in [2.24, 2.45) is 0 Å². The number of anilines is 1. The number of carbonyl (C=O) groups is 1. The van der Waals surface area contributed by atoms with E-state index in [4.69, 9.17) is 11.6 Å². The zero-order valence-corrected chi connectivity index (χ0v) is 18.1. The minimum absolute atomic E-state index is 0.148. The molecule has 1 unspecified atom stereocenters. The predicted octanol–water partition coefficient (Wildman–Crippen LogP) is 4.16. The third-order valence-corrected chi connectivity index (χ3v) is 7.31. The highest BCUT2D eigenvalue weighted by molar-refractivity contribution is 7.99. The van der Waals surface area contributed by atoms with Crippen LogP contribution in [0.25, 0.3) is 0 Å². The summed E-state index contributed by atoms with van der Waals surface area (Å²) in [7, 11) is -0.606. The number of halogens is 1. The lowest BCUT2D eigenvalue weighted by Gasteiger charge is -2.16. The molecule has 0 spiro atoms. The maximum atomic E-state index is 12.5. The van der Waals surface area contributed by atoms with Gasteiger partial charge in [-0.05, 0) is 49.2 Å². The van der Waals surface area contributed by atoms with Crippen LogP contribution in [0.4, 0.5) is 5.69 Å². The number of carbonyl (C=O) groups excluding carboxylic acids is 1. The summed E-state index contributed by atoms with van der Waals surface area (Å²) < 4.78 is 25.7. The molecule has 0 saturated carbocycles. The van der Waals surface area contributed by atoms with Crippen LogP contribution in [-0.2, 0) is 20.6 Å². The van der Waals surface area contributed by atoms with Crippen molar-refractivity contribution in [1.82, 2.24) is 4.31 Å². The molecule has 1 atom stereocenters. The molecule has 5 nitrogen and oxygen atoms in total. The molecular formula is C19H23ClN2O3S2. The second-order valence-electron chi connectivity index (χ2n) is 6.33. The van der Waals surface area contributed by atoms with Crippen molar-refractivity contribution in [2.75, 3.05) is 19.4 Å². The minimum Gasteiger partial charge on any atom is -0.325 e. The van der Waals surface area contributed by atoms with Crippen LogP contribution in [-0.4, -0.2) is 38.0 Å². The molecule has 0 heterocycles. The van der Waals surface area contributed by atoms with Crippen molar-refractivity contribution >= 4 is 45.0 Å². The molecule has 0 aliphatic carbocycles. The predicted molar refractivity (Wildman–Crippen MR) is 113 cm³/mol. The lowest BCUT2D eigenvalue weighted by molar-refractivity contribution is -0.115. The van der Waals surface area contributed by atoms with Gasteiger partial charge in [0.25, 0.3) is 0 Å². The van der Waals surface area contributed by atoms with Gasteiger partial charge in [-0.25, -0.2) is 12.7 Å². The van der Waals surface area contributed by atoms with Gasteiger partial charge in [0.1, 0.15) is 0 Å². The number of benzene rings is 2. The summed E-state index contributed by atoms with van der Waals surface area (Å²) in [5, 5.41) is 3.22. The lowest BCUT2D eigenvalue weighted by atomic mass is 10.2. The summed E-state index contributed by atoms with van der Waals surface area (Å²) in [6.07, 6.45) is 0. The van der Waals surface area contributed by atoms with Crippen molar-refractivity contribution in [1.29, 1.82) is 0 Å². The molecule has 0 bridgehead atoms. The standard InChI is InChI=1S/C19H23ClN2O3S2/c1-13-5-10-17(27(24,25)22(3)4)11-18(13)21-19(23)14(2)26-12-15-6-8-16(20)9-7-15/h5-11,14H,12H2,1-4H3,(H,21,23). The van der Waals surface area contributed by atoms with Gasteiger partial charge in [0.05, 0.1) is 10.1 Å². The van der Waals surface area contributed by atoms with Gasteiger partial charge in [-0.3, -0.25) is 4.79 Å². The Hall–Kier alpha value is -1.54. The van der Waals surface area contributed by atoms with E-state index >= 15 is 0 Å². The van der Waals surface area contributed by atoms with E-state index < -0.39 is 10.0 Å². The summed E-state index contributed by atoms with van der Waals surface area (Å²) >= 11 is 7.38. The van der Waals surface area contributed by atoms with Crippen LogP contribution in [0.2, 0.25) is 5.02 Å². The Bertz CT molecular complexity index is 913. The molecule has 0 aliphatic heterocycles. The number of nitrogens with zero attached hydrogens (tertiary/aromatic N) is 1. The van der Waals surface area contributed by atoms with Crippen LogP contribution in [0.3, 0.4) is 0 Å². The number of nitrogens with one attached hydrogen (secondary N) is 1. The molecule has 2 rings (SSSR count). The number of aryl methyl sites for hydroxylation is 1. The third-order valence-electron chi connectivity index (χ3n) is 4.03. The molecule has 0 radical (unpaired) electrons. The molecule has 2 aromatic carbocycles. The van der Waals surface area contributed by atoms with Gasteiger partial charge in [0.15, 0.2) is 0 Å². The highest BCUT2D eigenvalue weighted by Gasteiger charge is 2.20. The highest BCUT2D eigenvalue weighted by atomic mass is 35.5. The molecule has 1 N–H and O–H groups in total. The lowest BCUT2D eigenvalue weighted by Crippen LogP contribution is -2.24. The zero-order chi connectivity index (χ0) is 20.2. The SMILES string of the molecule is Cc1ccc(S(=O)(=O)N(C)C)cc1NC(=O)C(C)SCc1ccc(Cl)cc1. The quantitative estimate of drug-likeness (QED) is 0.721. The van der Waals surface area contributed by atoms with Gasteiger partial charge in [0.2, 0.25) is 15.9 Å². The van der Waals surface area contributed by atoms with Crippen LogP contribution in [0, 0.1) is 6.92 Å². The first-order chi connectivity index (χ1) is 12.6. The first-order valence-electron chi connectivity index (χ1n) is 8.31. The average Bonchev–Trinajstić information content (AvgIpc) is 2.62. The van der Waals surface area contributed by atoms with Crippen LogP contribution in [0.15, 0.2) is 47.4 Å². The molecule has 27 heavy (non-hydrogen) atoms. The molecule has 0 saturated heterocycles. The largest absolute Gasteiger partial charge is 0.325 e. The van der Waals surface area contributed by atoms with Gasteiger partial charge >= 0.3 is 0 Å². The minimum atomic E-state index is -3.56. The summed E-state index contributed by atoms with van der Waals surface area (Å²) in [6, 6.07) is 12.2. The zero-order valence-electron chi connectivity index (χ0n) is 15.7. The van der Waals surface area contributed by atoms with Crippen LogP contribution in [0.1, 0.15) is 18.1 Å². The fraction of sp³-hybridized carbons (Fsp3) is 0.316. The second-order valence-corrected chi connectivity index (χ2v) is 10.3. The summed E-state index contributed by atoms with van der Waals surface area (Å²) in [5.74, 6) is 0.510. The van der Waals surface area contributed by atoms with E-state index in [-0.39, 0.29) is 16.1 Å². The number of amides is 1. The molecule has 8 heteroatoms. The smallest absolute Gasteiger partial charge is 0.242 e. The van der Waals surface area contributed by atoms with Gasteiger partial charge < -0.3 is 5.32 Å². The van der Waals surface area contributed by atoms with Crippen LogP contribution < -0.4 is 5.32 Å². The number of hydrogen-bond donors (Lipinski definition) is 1. The van der Waals surface area contributed by atoms with E-state index in [0.29, 0.717) is 16.5 Å². The van der Waals surface area contributed by atoms with Crippen molar-refractivity contribution in [3.63, 3.8) is 0 Å².